The van der Waals surface area contributed by atoms with Gasteiger partial charge in [-0.1, -0.05) is 6.07 Å². The van der Waals surface area contributed by atoms with Gasteiger partial charge in [0.1, 0.15) is 0 Å². The van der Waals surface area contributed by atoms with E-state index in [-0.39, 0.29) is 5.54 Å². The van der Waals surface area contributed by atoms with E-state index in [9.17, 15) is 8.78 Å². The van der Waals surface area contributed by atoms with Crippen molar-refractivity contribution in [1.82, 2.24) is 0 Å². The third-order valence-electron chi connectivity index (χ3n) is 3.25. The van der Waals surface area contributed by atoms with Crippen LogP contribution in [-0.4, -0.2) is 18.8 Å². The van der Waals surface area contributed by atoms with Crippen LogP contribution in [0.15, 0.2) is 18.2 Å². The van der Waals surface area contributed by atoms with Crippen molar-refractivity contribution < 1.29 is 13.5 Å². The highest BCUT2D eigenvalue weighted by molar-refractivity contribution is 5.20. The molecule has 0 amide bonds. The molecule has 0 aliphatic carbocycles. The van der Waals surface area contributed by atoms with Gasteiger partial charge in [0, 0.05) is 18.8 Å². The summed E-state index contributed by atoms with van der Waals surface area (Å²) < 4.78 is 31.3. The van der Waals surface area contributed by atoms with E-state index in [0.717, 1.165) is 37.5 Å². The van der Waals surface area contributed by atoms with Gasteiger partial charge in [0.05, 0.1) is 0 Å². The van der Waals surface area contributed by atoms with Crippen LogP contribution < -0.4 is 5.73 Å². The van der Waals surface area contributed by atoms with E-state index in [1.54, 1.807) is 6.07 Å². The number of ether oxygens (including phenoxy) is 1. The Hall–Kier alpha value is -1.00. The van der Waals surface area contributed by atoms with Crippen molar-refractivity contribution in [2.75, 3.05) is 13.2 Å². The van der Waals surface area contributed by atoms with E-state index >= 15 is 0 Å². The standard InChI is InChI=1S/C13H17F2NO/c14-11-3-2-10(8-12(11)15)9-13(16)4-1-6-17-7-5-13/h2-3,8H,1,4-7,9,16H2. The normalized spacial score (nSPS) is 25.6. The summed E-state index contributed by atoms with van der Waals surface area (Å²) in [5.74, 6) is -1.63. The lowest BCUT2D eigenvalue weighted by atomic mass is 9.85. The second kappa shape index (κ2) is 5.10. The molecule has 2 nitrogen and oxygen atoms in total. The van der Waals surface area contributed by atoms with E-state index in [0.29, 0.717) is 13.0 Å². The Morgan fingerprint density at radius 2 is 2.00 bits per heavy atom. The first-order valence-electron chi connectivity index (χ1n) is 5.90. The molecule has 1 aliphatic heterocycles. The van der Waals surface area contributed by atoms with Crippen molar-refractivity contribution in [1.29, 1.82) is 0 Å². The minimum Gasteiger partial charge on any atom is -0.381 e. The van der Waals surface area contributed by atoms with Gasteiger partial charge in [0.25, 0.3) is 0 Å². The lowest BCUT2D eigenvalue weighted by molar-refractivity contribution is 0.139. The van der Waals surface area contributed by atoms with Gasteiger partial charge in [0.15, 0.2) is 11.6 Å². The van der Waals surface area contributed by atoms with Gasteiger partial charge in [-0.3, -0.25) is 0 Å². The van der Waals surface area contributed by atoms with Gasteiger partial charge in [-0.25, -0.2) is 8.78 Å². The van der Waals surface area contributed by atoms with Crippen LogP contribution >= 0.6 is 0 Å². The largest absolute Gasteiger partial charge is 0.381 e. The van der Waals surface area contributed by atoms with Crippen molar-refractivity contribution in [2.45, 2.75) is 31.2 Å². The van der Waals surface area contributed by atoms with E-state index in [1.165, 1.54) is 6.07 Å². The van der Waals surface area contributed by atoms with E-state index in [1.807, 2.05) is 0 Å². The second-order valence-corrected chi connectivity index (χ2v) is 4.75. The molecule has 1 aliphatic rings. The third-order valence-corrected chi connectivity index (χ3v) is 3.25. The molecule has 0 aromatic heterocycles. The van der Waals surface area contributed by atoms with Crippen molar-refractivity contribution in [3.05, 3.63) is 35.4 Å². The summed E-state index contributed by atoms with van der Waals surface area (Å²) in [4.78, 5) is 0. The highest BCUT2D eigenvalue weighted by atomic mass is 19.2. The zero-order chi connectivity index (χ0) is 12.3. The van der Waals surface area contributed by atoms with Crippen LogP contribution in [0.2, 0.25) is 0 Å². The van der Waals surface area contributed by atoms with Crippen LogP contribution in [0.3, 0.4) is 0 Å². The fraction of sp³-hybridized carbons (Fsp3) is 0.538. The van der Waals surface area contributed by atoms with Crippen LogP contribution in [0.4, 0.5) is 8.78 Å². The zero-order valence-corrected chi connectivity index (χ0v) is 9.72. The molecular weight excluding hydrogens is 224 g/mol. The Kier molecular flexibility index (Phi) is 3.74. The zero-order valence-electron chi connectivity index (χ0n) is 9.72. The number of benzene rings is 1. The predicted molar refractivity (Wildman–Crippen MR) is 61.7 cm³/mol. The summed E-state index contributed by atoms with van der Waals surface area (Å²) in [6.45, 7) is 1.37. The average molecular weight is 241 g/mol. The minimum atomic E-state index is -0.816. The van der Waals surface area contributed by atoms with Gasteiger partial charge < -0.3 is 10.5 Å². The molecule has 1 aromatic rings. The number of hydrogen-bond acceptors (Lipinski definition) is 2. The topological polar surface area (TPSA) is 35.2 Å². The first-order chi connectivity index (χ1) is 8.09. The van der Waals surface area contributed by atoms with Gasteiger partial charge in [-0.05, 0) is 43.4 Å². The molecule has 1 heterocycles. The number of hydrogen-bond donors (Lipinski definition) is 1. The van der Waals surface area contributed by atoms with Crippen molar-refractivity contribution in [3.8, 4) is 0 Å². The molecule has 94 valence electrons. The molecule has 2 rings (SSSR count). The Balaban J connectivity index is 2.10. The van der Waals surface area contributed by atoms with Crippen molar-refractivity contribution in [3.63, 3.8) is 0 Å². The highest BCUT2D eigenvalue weighted by Gasteiger charge is 2.27. The molecule has 1 aromatic carbocycles. The number of halogens is 2. The molecule has 1 unspecified atom stereocenters. The monoisotopic (exact) mass is 241 g/mol. The summed E-state index contributed by atoms with van der Waals surface area (Å²) in [6, 6.07) is 3.98. The maximum Gasteiger partial charge on any atom is 0.159 e. The Labute approximate surface area is 99.8 Å². The summed E-state index contributed by atoms with van der Waals surface area (Å²) in [5.41, 5.74) is 6.67. The minimum absolute atomic E-state index is 0.360. The molecule has 1 fully saturated rings. The van der Waals surface area contributed by atoms with E-state index in [2.05, 4.69) is 0 Å². The van der Waals surface area contributed by atoms with Crippen molar-refractivity contribution in [2.24, 2.45) is 5.73 Å². The lowest BCUT2D eigenvalue weighted by Crippen LogP contribution is -2.42. The smallest absolute Gasteiger partial charge is 0.159 e. The predicted octanol–water partition coefficient (Wildman–Crippen LogP) is 2.41. The van der Waals surface area contributed by atoms with Crippen molar-refractivity contribution >= 4 is 0 Å². The molecule has 0 spiro atoms. The third kappa shape index (κ3) is 3.23. The Bertz CT molecular complexity index is 387. The van der Waals surface area contributed by atoms with E-state index < -0.39 is 11.6 Å². The van der Waals surface area contributed by atoms with E-state index in [4.69, 9.17) is 10.5 Å². The first-order valence-corrected chi connectivity index (χ1v) is 5.90. The summed E-state index contributed by atoms with van der Waals surface area (Å²) in [5, 5.41) is 0. The molecule has 4 heteroatoms. The van der Waals surface area contributed by atoms with Gasteiger partial charge in [-0.2, -0.15) is 0 Å². The van der Waals surface area contributed by atoms with Crippen LogP contribution in [0.5, 0.6) is 0 Å². The van der Waals surface area contributed by atoms with Crippen LogP contribution in [0.25, 0.3) is 0 Å². The van der Waals surface area contributed by atoms with Gasteiger partial charge >= 0.3 is 0 Å². The second-order valence-electron chi connectivity index (χ2n) is 4.75. The number of nitrogens with two attached hydrogens (primary N) is 1. The SMILES string of the molecule is NC1(Cc2ccc(F)c(F)c2)CCCOCC1. The van der Waals surface area contributed by atoms with Crippen LogP contribution in [-0.2, 0) is 11.2 Å². The Morgan fingerprint density at radius 1 is 1.18 bits per heavy atom. The summed E-state index contributed by atoms with van der Waals surface area (Å²) in [6.07, 6.45) is 3.09. The lowest BCUT2D eigenvalue weighted by Gasteiger charge is -2.27. The fourth-order valence-electron chi connectivity index (χ4n) is 2.26. The summed E-state index contributed by atoms with van der Waals surface area (Å²) in [7, 11) is 0. The first kappa shape index (κ1) is 12.5. The van der Waals surface area contributed by atoms with Gasteiger partial charge in [0.2, 0.25) is 0 Å². The average Bonchev–Trinajstić information content (AvgIpc) is 2.49. The Morgan fingerprint density at radius 3 is 2.76 bits per heavy atom. The summed E-state index contributed by atoms with van der Waals surface area (Å²) >= 11 is 0. The molecule has 2 N–H and O–H groups in total. The molecule has 1 atom stereocenters. The highest BCUT2D eigenvalue weighted by Crippen LogP contribution is 2.24. The maximum atomic E-state index is 13.1. The molecule has 0 saturated carbocycles. The molecule has 1 saturated heterocycles. The molecule has 0 bridgehead atoms. The van der Waals surface area contributed by atoms with Crippen LogP contribution in [0.1, 0.15) is 24.8 Å². The fourth-order valence-corrected chi connectivity index (χ4v) is 2.26. The molecule has 17 heavy (non-hydrogen) atoms. The molecular formula is C13H17F2NO. The van der Waals surface area contributed by atoms with Crippen LogP contribution in [0, 0.1) is 11.6 Å². The molecule has 0 radical (unpaired) electrons. The quantitative estimate of drug-likeness (QED) is 0.863. The maximum absolute atomic E-state index is 13.1. The number of rotatable bonds is 2. The van der Waals surface area contributed by atoms with Gasteiger partial charge in [-0.15, -0.1) is 0 Å².